The summed E-state index contributed by atoms with van der Waals surface area (Å²) < 4.78 is 26.9. The Morgan fingerprint density at radius 1 is 1.00 bits per heavy atom. The Morgan fingerprint density at radius 3 is 2.19 bits per heavy atom. The van der Waals surface area contributed by atoms with Crippen molar-refractivity contribution in [1.82, 2.24) is 0 Å². The SMILES string of the molecule is Cc1cc(C(=O)Nc2ccc(N3CCC(O)(c4ccc(Cl)cc4)CC3)cc2)ccc1NS(=O)(=O)C(C)C. The molecule has 7 nitrogen and oxygen atoms in total. The van der Waals surface area contributed by atoms with E-state index < -0.39 is 20.9 Å². The van der Waals surface area contributed by atoms with Crippen molar-refractivity contribution in [3.63, 3.8) is 0 Å². The van der Waals surface area contributed by atoms with E-state index in [1.807, 2.05) is 36.4 Å². The van der Waals surface area contributed by atoms with E-state index in [4.69, 9.17) is 11.6 Å². The summed E-state index contributed by atoms with van der Waals surface area (Å²) in [6, 6.07) is 19.9. The van der Waals surface area contributed by atoms with Gasteiger partial charge in [0.2, 0.25) is 10.0 Å². The molecule has 1 fully saturated rings. The summed E-state index contributed by atoms with van der Waals surface area (Å²) in [6.45, 7) is 6.39. The maximum absolute atomic E-state index is 12.8. The predicted octanol–water partition coefficient (Wildman–Crippen LogP) is 5.54. The lowest BCUT2D eigenvalue weighted by molar-refractivity contribution is 0.0118. The average Bonchev–Trinajstić information content (AvgIpc) is 2.86. The number of aliphatic hydroxyl groups is 1. The van der Waals surface area contributed by atoms with E-state index in [9.17, 15) is 18.3 Å². The van der Waals surface area contributed by atoms with Crippen LogP contribution in [0.2, 0.25) is 5.02 Å². The zero-order valence-corrected chi connectivity index (χ0v) is 22.7. The number of anilines is 3. The van der Waals surface area contributed by atoms with Crippen LogP contribution in [0.25, 0.3) is 0 Å². The quantitative estimate of drug-likeness (QED) is 0.365. The fourth-order valence-electron chi connectivity index (χ4n) is 4.33. The van der Waals surface area contributed by atoms with Gasteiger partial charge in [-0.25, -0.2) is 8.42 Å². The number of benzene rings is 3. The second-order valence-electron chi connectivity index (χ2n) is 9.75. The van der Waals surface area contributed by atoms with Crippen molar-refractivity contribution in [3.8, 4) is 0 Å². The molecule has 1 amide bonds. The van der Waals surface area contributed by atoms with E-state index in [1.165, 1.54) is 0 Å². The molecular formula is C28H32ClN3O4S. The van der Waals surface area contributed by atoms with E-state index in [2.05, 4.69) is 14.9 Å². The van der Waals surface area contributed by atoms with Crippen LogP contribution in [-0.4, -0.2) is 37.8 Å². The van der Waals surface area contributed by atoms with Gasteiger partial charge in [0.25, 0.3) is 5.91 Å². The highest BCUT2D eigenvalue weighted by Gasteiger charge is 2.34. The summed E-state index contributed by atoms with van der Waals surface area (Å²) in [5.41, 5.74) is 3.26. The molecule has 1 aliphatic heterocycles. The second kappa shape index (κ2) is 10.7. The molecule has 0 aromatic heterocycles. The van der Waals surface area contributed by atoms with E-state index in [0.717, 1.165) is 11.3 Å². The molecule has 1 saturated heterocycles. The van der Waals surface area contributed by atoms with Gasteiger partial charge in [-0.15, -0.1) is 0 Å². The topological polar surface area (TPSA) is 98.7 Å². The first-order valence-corrected chi connectivity index (χ1v) is 14.2. The Balaban J connectivity index is 1.36. The molecule has 0 aliphatic carbocycles. The van der Waals surface area contributed by atoms with Crippen molar-refractivity contribution in [2.45, 2.75) is 44.5 Å². The summed E-state index contributed by atoms with van der Waals surface area (Å²) in [6.07, 6.45) is 1.21. The number of amides is 1. The Bertz CT molecular complexity index is 1370. The third-order valence-corrected chi connectivity index (χ3v) is 8.82. The van der Waals surface area contributed by atoms with Crippen molar-refractivity contribution >= 4 is 44.6 Å². The number of nitrogens with one attached hydrogen (secondary N) is 2. The molecule has 9 heteroatoms. The molecule has 0 spiro atoms. The number of halogens is 1. The first kappa shape index (κ1) is 27.0. The number of hydrogen-bond donors (Lipinski definition) is 3. The molecule has 3 aromatic carbocycles. The lowest BCUT2D eigenvalue weighted by atomic mass is 9.84. The molecule has 1 heterocycles. The van der Waals surface area contributed by atoms with Gasteiger partial charge in [-0.1, -0.05) is 23.7 Å². The molecule has 0 atom stereocenters. The van der Waals surface area contributed by atoms with E-state index in [0.29, 0.717) is 53.5 Å². The summed E-state index contributed by atoms with van der Waals surface area (Å²) in [5.74, 6) is -0.278. The minimum atomic E-state index is -3.46. The monoisotopic (exact) mass is 541 g/mol. The van der Waals surface area contributed by atoms with Crippen LogP contribution < -0.4 is 14.9 Å². The molecule has 0 unspecified atom stereocenters. The van der Waals surface area contributed by atoms with E-state index in [1.54, 1.807) is 51.1 Å². The minimum absolute atomic E-state index is 0.278. The number of carbonyl (C=O) groups is 1. The molecule has 0 saturated carbocycles. The lowest BCUT2D eigenvalue weighted by Gasteiger charge is -2.39. The van der Waals surface area contributed by atoms with Gasteiger partial charge in [0, 0.05) is 35.1 Å². The number of carbonyl (C=O) groups excluding carboxylic acids is 1. The molecule has 0 radical (unpaired) electrons. The number of sulfonamides is 1. The molecule has 1 aliphatic rings. The standard InChI is InChI=1S/C28H32ClN3O4S/c1-19(2)37(35,36)31-26-13-4-21(18-20(26)3)27(33)30-24-9-11-25(12-10-24)32-16-14-28(34,15-17-32)22-5-7-23(29)8-6-22/h4-13,18-19,31,34H,14-17H2,1-3H3,(H,30,33). The fourth-order valence-corrected chi connectivity index (χ4v) is 5.23. The van der Waals surface area contributed by atoms with Gasteiger partial charge < -0.3 is 15.3 Å². The van der Waals surface area contributed by atoms with Crippen LogP contribution in [0.5, 0.6) is 0 Å². The minimum Gasteiger partial charge on any atom is -0.385 e. The largest absolute Gasteiger partial charge is 0.385 e. The summed E-state index contributed by atoms with van der Waals surface area (Å²) in [7, 11) is -3.46. The number of piperidine rings is 1. The fraction of sp³-hybridized carbons (Fsp3) is 0.321. The van der Waals surface area contributed by atoms with Crippen LogP contribution in [-0.2, 0) is 15.6 Å². The van der Waals surface area contributed by atoms with Crippen LogP contribution in [0, 0.1) is 6.92 Å². The van der Waals surface area contributed by atoms with Gasteiger partial charge in [-0.3, -0.25) is 9.52 Å². The number of rotatable bonds is 7. The van der Waals surface area contributed by atoms with Crippen molar-refractivity contribution in [2.75, 3.05) is 28.0 Å². The smallest absolute Gasteiger partial charge is 0.255 e. The van der Waals surface area contributed by atoms with Crippen LogP contribution in [0.1, 0.15) is 48.2 Å². The number of aryl methyl sites for hydroxylation is 1. The summed E-state index contributed by atoms with van der Waals surface area (Å²) in [4.78, 5) is 15.0. The Morgan fingerprint density at radius 2 is 1.62 bits per heavy atom. The van der Waals surface area contributed by atoms with E-state index >= 15 is 0 Å². The highest BCUT2D eigenvalue weighted by Crippen LogP contribution is 2.35. The van der Waals surface area contributed by atoms with Gasteiger partial charge in [0.05, 0.1) is 16.5 Å². The maximum Gasteiger partial charge on any atom is 0.255 e. The average molecular weight is 542 g/mol. The molecule has 4 rings (SSSR count). The zero-order valence-electron chi connectivity index (χ0n) is 21.2. The van der Waals surface area contributed by atoms with Crippen molar-refractivity contribution < 1.29 is 18.3 Å². The summed E-state index contributed by atoms with van der Waals surface area (Å²) in [5, 5.41) is 14.1. The lowest BCUT2D eigenvalue weighted by Crippen LogP contribution is -2.42. The molecular weight excluding hydrogens is 510 g/mol. The third kappa shape index (κ3) is 6.26. The maximum atomic E-state index is 12.8. The van der Waals surface area contributed by atoms with Crippen LogP contribution >= 0.6 is 11.6 Å². The highest BCUT2D eigenvalue weighted by molar-refractivity contribution is 7.93. The Hall–Kier alpha value is -3.07. The van der Waals surface area contributed by atoms with Crippen molar-refractivity contribution in [3.05, 3.63) is 88.4 Å². The van der Waals surface area contributed by atoms with Gasteiger partial charge >= 0.3 is 0 Å². The third-order valence-electron chi connectivity index (χ3n) is 6.82. The van der Waals surface area contributed by atoms with Crippen molar-refractivity contribution in [2.24, 2.45) is 0 Å². The number of nitrogens with zero attached hydrogens (tertiary/aromatic N) is 1. The first-order valence-electron chi connectivity index (χ1n) is 12.2. The second-order valence-corrected chi connectivity index (χ2v) is 12.4. The van der Waals surface area contributed by atoms with Crippen LogP contribution in [0.15, 0.2) is 66.7 Å². The van der Waals surface area contributed by atoms with Crippen molar-refractivity contribution in [1.29, 1.82) is 0 Å². The molecule has 196 valence electrons. The zero-order chi connectivity index (χ0) is 26.8. The predicted molar refractivity (Wildman–Crippen MR) is 150 cm³/mol. The summed E-state index contributed by atoms with van der Waals surface area (Å²) >= 11 is 5.98. The molecule has 3 aromatic rings. The highest BCUT2D eigenvalue weighted by atomic mass is 35.5. The van der Waals surface area contributed by atoms with Gasteiger partial charge in [-0.2, -0.15) is 0 Å². The van der Waals surface area contributed by atoms with Gasteiger partial charge in [0.1, 0.15) is 0 Å². The van der Waals surface area contributed by atoms with Gasteiger partial charge in [-0.05, 0) is 99.3 Å². The molecule has 0 bridgehead atoms. The molecule has 37 heavy (non-hydrogen) atoms. The first-order chi connectivity index (χ1) is 17.5. The van der Waals surface area contributed by atoms with E-state index in [-0.39, 0.29) is 5.91 Å². The van der Waals surface area contributed by atoms with Crippen LogP contribution in [0.4, 0.5) is 17.1 Å². The Kier molecular flexibility index (Phi) is 7.83. The number of hydrogen-bond acceptors (Lipinski definition) is 5. The van der Waals surface area contributed by atoms with Gasteiger partial charge in [0.15, 0.2) is 0 Å². The normalized spacial score (nSPS) is 15.5. The van der Waals surface area contributed by atoms with Crippen LogP contribution in [0.3, 0.4) is 0 Å². The Labute approximate surface area is 223 Å². The molecule has 3 N–H and O–H groups in total.